The van der Waals surface area contributed by atoms with Gasteiger partial charge in [0.25, 0.3) is 0 Å². The molecule has 24 heavy (non-hydrogen) atoms. The standard InChI is InChI=1S/C20H24BrNO2/c1-2-3-8-16-12-13-19(18(21)15-16)22-20(23)11-7-14-24-17-9-5-4-6-10-17/h4-6,9-10,12-13,15H,2-3,7-8,11,14H2,1H3,(H,22,23). The quantitative estimate of drug-likeness (QED) is 0.567. The molecule has 0 saturated heterocycles. The fourth-order valence-electron chi connectivity index (χ4n) is 2.35. The molecule has 2 rings (SSSR count). The smallest absolute Gasteiger partial charge is 0.224 e. The van der Waals surface area contributed by atoms with Crippen molar-refractivity contribution in [1.29, 1.82) is 0 Å². The molecule has 0 unspecified atom stereocenters. The number of hydrogen-bond acceptors (Lipinski definition) is 2. The lowest BCUT2D eigenvalue weighted by atomic mass is 10.1. The third-order valence-electron chi connectivity index (χ3n) is 3.69. The largest absolute Gasteiger partial charge is 0.494 e. The van der Waals surface area contributed by atoms with E-state index in [0.29, 0.717) is 19.4 Å². The molecule has 128 valence electrons. The number of benzene rings is 2. The van der Waals surface area contributed by atoms with Crippen molar-refractivity contribution < 1.29 is 9.53 Å². The second-order valence-corrected chi connectivity index (χ2v) is 6.59. The van der Waals surface area contributed by atoms with E-state index in [2.05, 4.69) is 40.3 Å². The van der Waals surface area contributed by atoms with Gasteiger partial charge in [0.05, 0.1) is 12.3 Å². The summed E-state index contributed by atoms with van der Waals surface area (Å²) in [5.74, 6) is 0.844. The molecule has 3 nitrogen and oxygen atoms in total. The molecule has 0 aromatic heterocycles. The van der Waals surface area contributed by atoms with Crippen LogP contribution in [0.2, 0.25) is 0 Å². The molecule has 1 N–H and O–H groups in total. The van der Waals surface area contributed by atoms with Gasteiger partial charge >= 0.3 is 0 Å². The topological polar surface area (TPSA) is 38.3 Å². The maximum absolute atomic E-state index is 12.0. The molecule has 0 fully saturated rings. The van der Waals surface area contributed by atoms with E-state index in [4.69, 9.17) is 4.74 Å². The lowest BCUT2D eigenvalue weighted by molar-refractivity contribution is -0.116. The molecule has 0 radical (unpaired) electrons. The molecule has 2 aromatic rings. The van der Waals surface area contributed by atoms with Gasteiger partial charge < -0.3 is 10.1 Å². The number of amides is 1. The number of carbonyl (C=O) groups excluding carboxylic acids is 1. The average Bonchev–Trinajstić information content (AvgIpc) is 2.60. The lowest BCUT2D eigenvalue weighted by Gasteiger charge is -2.10. The number of ether oxygens (including phenoxy) is 1. The van der Waals surface area contributed by atoms with Crippen LogP contribution in [-0.4, -0.2) is 12.5 Å². The third kappa shape index (κ3) is 6.36. The summed E-state index contributed by atoms with van der Waals surface area (Å²) in [5.41, 5.74) is 2.11. The SMILES string of the molecule is CCCCc1ccc(NC(=O)CCCOc2ccccc2)c(Br)c1. The van der Waals surface area contributed by atoms with Crippen molar-refractivity contribution in [2.45, 2.75) is 39.0 Å². The van der Waals surface area contributed by atoms with Gasteiger partial charge in [0.1, 0.15) is 5.75 Å². The highest BCUT2D eigenvalue weighted by molar-refractivity contribution is 9.10. The van der Waals surface area contributed by atoms with Crippen LogP contribution in [-0.2, 0) is 11.2 Å². The minimum atomic E-state index is 0.00803. The Morgan fingerprint density at radius 1 is 1.12 bits per heavy atom. The minimum absolute atomic E-state index is 0.00803. The van der Waals surface area contributed by atoms with Crippen LogP contribution < -0.4 is 10.1 Å². The van der Waals surface area contributed by atoms with E-state index >= 15 is 0 Å². The average molecular weight is 390 g/mol. The van der Waals surface area contributed by atoms with Crippen molar-refractivity contribution in [3.8, 4) is 5.75 Å². The molecule has 0 spiro atoms. The van der Waals surface area contributed by atoms with Crippen LogP contribution in [0.1, 0.15) is 38.2 Å². The molecule has 0 atom stereocenters. The number of nitrogens with one attached hydrogen (secondary N) is 1. The summed E-state index contributed by atoms with van der Waals surface area (Å²) in [6, 6.07) is 15.8. The minimum Gasteiger partial charge on any atom is -0.494 e. The van der Waals surface area contributed by atoms with E-state index in [1.54, 1.807) is 0 Å². The van der Waals surface area contributed by atoms with Crippen LogP contribution in [0.4, 0.5) is 5.69 Å². The van der Waals surface area contributed by atoms with Crippen LogP contribution in [0.25, 0.3) is 0 Å². The predicted molar refractivity (Wildman–Crippen MR) is 103 cm³/mol. The monoisotopic (exact) mass is 389 g/mol. The fraction of sp³-hybridized carbons (Fsp3) is 0.350. The molecule has 0 heterocycles. The maximum atomic E-state index is 12.0. The van der Waals surface area contributed by atoms with Crippen LogP contribution in [0.5, 0.6) is 5.75 Å². The molecular weight excluding hydrogens is 366 g/mol. The van der Waals surface area contributed by atoms with Crippen molar-refractivity contribution in [3.05, 3.63) is 58.6 Å². The highest BCUT2D eigenvalue weighted by Crippen LogP contribution is 2.24. The highest BCUT2D eigenvalue weighted by atomic mass is 79.9. The third-order valence-corrected chi connectivity index (χ3v) is 4.34. The number of unbranched alkanes of at least 4 members (excludes halogenated alkanes) is 1. The van der Waals surface area contributed by atoms with Gasteiger partial charge in [-0.1, -0.05) is 37.6 Å². The van der Waals surface area contributed by atoms with Gasteiger partial charge in [-0.05, 0) is 65.0 Å². The van der Waals surface area contributed by atoms with Crippen molar-refractivity contribution in [2.24, 2.45) is 0 Å². The molecule has 0 aliphatic heterocycles. The number of hydrogen-bond donors (Lipinski definition) is 1. The lowest BCUT2D eigenvalue weighted by Crippen LogP contribution is -2.13. The number of para-hydroxylation sites is 1. The molecule has 0 saturated carbocycles. The van der Waals surface area contributed by atoms with Crippen molar-refractivity contribution in [3.63, 3.8) is 0 Å². The molecule has 0 aliphatic rings. The van der Waals surface area contributed by atoms with Crippen molar-refractivity contribution in [2.75, 3.05) is 11.9 Å². The first-order valence-electron chi connectivity index (χ1n) is 8.45. The second-order valence-electron chi connectivity index (χ2n) is 5.73. The summed E-state index contributed by atoms with van der Waals surface area (Å²) in [7, 11) is 0. The van der Waals surface area contributed by atoms with Gasteiger partial charge in [0.2, 0.25) is 5.91 Å². The maximum Gasteiger partial charge on any atom is 0.224 e. The molecule has 0 bridgehead atoms. The summed E-state index contributed by atoms with van der Waals surface area (Å²) < 4.78 is 6.53. The van der Waals surface area contributed by atoms with E-state index in [-0.39, 0.29) is 5.91 Å². The van der Waals surface area contributed by atoms with Crippen LogP contribution in [0.15, 0.2) is 53.0 Å². The van der Waals surface area contributed by atoms with Gasteiger partial charge in [-0.3, -0.25) is 4.79 Å². The normalized spacial score (nSPS) is 10.4. The first kappa shape index (κ1) is 18.5. The zero-order valence-corrected chi connectivity index (χ0v) is 15.6. The number of carbonyl (C=O) groups is 1. The first-order valence-corrected chi connectivity index (χ1v) is 9.24. The molecule has 2 aromatic carbocycles. The number of anilines is 1. The molecular formula is C20H24BrNO2. The Morgan fingerprint density at radius 2 is 1.92 bits per heavy atom. The summed E-state index contributed by atoms with van der Waals surface area (Å²) >= 11 is 3.54. The predicted octanol–water partition coefficient (Wildman–Crippen LogP) is 5.59. The fourth-order valence-corrected chi connectivity index (χ4v) is 2.87. The van der Waals surface area contributed by atoms with Gasteiger partial charge in [-0.2, -0.15) is 0 Å². The number of rotatable bonds is 9. The van der Waals surface area contributed by atoms with E-state index in [9.17, 15) is 4.79 Å². The van der Waals surface area contributed by atoms with Crippen molar-refractivity contribution >= 4 is 27.5 Å². The Labute approximate surface area is 152 Å². The Bertz CT molecular complexity index is 643. The Morgan fingerprint density at radius 3 is 2.62 bits per heavy atom. The van der Waals surface area contributed by atoms with Gasteiger partial charge in [0.15, 0.2) is 0 Å². The van der Waals surface area contributed by atoms with Gasteiger partial charge in [-0.15, -0.1) is 0 Å². The van der Waals surface area contributed by atoms with E-state index in [1.165, 1.54) is 18.4 Å². The first-order chi connectivity index (χ1) is 11.7. The van der Waals surface area contributed by atoms with Crippen LogP contribution >= 0.6 is 15.9 Å². The summed E-state index contributed by atoms with van der Waals surface area (Å²) in [6.45, 7) is 2.72. The second kappa shape index (κ2) is 10.1. The Hall–Kier alpha value is -1.81. The number of halogens is 1. The van der Waals surface area contributed by atoms with Gasteiger partial charge in [-0.25, -0.2) is 0 Å². The molecule has 4 heteroatoms. The molecule has 0 aliphatic carbocycles. The summed E-state index contributed by atoms with van der Waals surface area (Å²) in [5, 5.41) is 2.95. The van der Waals surface area contributed by atoms with E-state index in [1.807, 2.05) is 36.4 Å². The van der Waals surface area contributed by atoms with Crippen molar-refractivity contribution in [1.82, 2.24) is 0 Å². The van der Waals surface area contributed by atoms with Crippen LogP contribution in [0, 0.1) is 0 Å². The Kier molecular flexibility index (Phi) is 7.83. The Balaban J connectivity index is 1.73. The highest BCUT2D eigenvalue weighted by Gasteiger charge is 2.06. The molecule has 1 amide bonds. The zero-order valence-electron chi connectivity index (χ0n) is 14.1. The number of aryl methyl sites for hydroxylation is 1. The summed E-state index contributed by atoms with van der Waals surface area (Å²) in [4.78, 5) is 12.0. The van der Waals surface area contributed by atoms with Crippen LogP contribution in [0.3, 0.4) is 0 Å². The van der Waals surface area contributed by atoms with E-state index in [0.717, 1.165) is 22.3 Å². The summed E-state index contributed by atoms with van der Waals surface area (Å²) in [6.07, 6.45) is 4.56. The van der Waals surface area contributed by atoms with E-state index < -0.39 is 0 Å². The zero-order chi connectivity index (χ0) is 17.2. The van der Waals surface area contributed by atoms with Gasteiger partial charge in [0, 0.05) is 10.9 Å².